The Morgan fingerprint density at radius 3 is 2.70 bits per heavy atom. The number of ether oxygens (including phenoxy) is 1. The number of pyridine rings is 1. The Bertz CT molecular complexity index is 950. The SMILES string of the molecule is Fc1ccc(OCCNc2nc(-c3ccncc3)nc3c2CCC3)c(F)c1. The van der Waals surface area contributed by atoms with Gasteiger partial charge in [0.25, 0.3) is 0 Å². The maximum absolute atomic E-state index is 13.6. The zero-order chi connectivity index (χ0) is 18.6. The molecule has 4 rings (SSSR count). The molecule has 0 amide bonds. The first-order valence-corrected chi connectivity index (χ1v) is 8.82. The Kier molecular flexibility index (Phi) is 4.91. The molecule has 5 nitrogen and oxygen atoms in total. The molecule has 138 valence electrons. The standard InChI is InChI=1S/C20H18F2N4O/c21-14-4-5-18(16(22)12-14)27-11-10-24-20-15-2-1-3-17(15)25-19(26-20)13-6-8-23-9-7-13/h4-9,12H,1-3,10-11H2,(H,24,25,26). The van der Waals surface area contributed by atoms with Crippen molar-refractivity contribution >= 4 is 5.82 Å². The first kappa shape index (κ1) is 17.3. The second-order valence-electron chi connectivity index (χ2n) is 6.26. The Morgan fingerprint density at radius 2 is 1.89 bits per heavy atom. The van der Waals surface area contributed by atoms with E-state index in [4.69, 9.17) is 4.74 Å². The monoisotopic (exact) mass is 368 g/mol. The topological polar surface area (TPSA) is 59.9 Å². The summed E-state index contributed by atoms with van der Waals surface area (Å²) in [5, 5.41) is 3.27. The number of aryl methyl sites for hydroxylation is 1. The van der Waals surface area contributed by atoms with Gasteiger partial charge >= 0.3 is 0 Å². The molecule has 0 saturated heterocycles. The predicted molar refractivity (Wildman–Crippen MR) is 97.6 cm³/mol. The number of hydrogen-bond donors (Lipinski definition) is 1. The molecule has 27 heavy (non-hydrogen) atoms. The number of benzene rings is 1. The summed E-state index contributed by atoms with van der Waals surface area (Å²) in [5.74, 6) is 0.137. The third-order valence-corrected chi connectivity index (χ3v) is 4.42. The summed E-state index contributed by atoms with van der Waals surface area (Å²) in [6.45, 7) is 0.669. The van der Waals surface area contributed by atoms with Crippen molar-refractivity contribution in [2.75, 3.05) is 18.5 Å². The van der Waals surface area contributed by atoms with Crippen LogP contribution in [-0.2, 0) is 12.8 Å². The molecular formula is C20H18F2N4O. The minimum Gasteiger partial charge on any atom is -0.489 e. The Morgan fingerprint density at radius 1 is 1.04 bits per heavy atom. The van der Waals surface area contributed by atoms with Crippen molar-refractivity contribution in [1.29, 1.82) is 0 Å². The van der Waals surface area contributed by atoms with Gasteiger partial charge in [0.1, 0.15) is 18.2 Å². The van der Waals surface area contributed by atoms with Crippen LogP contribution in [0.15, 0.2) is 42.7 Å². The predicted octanol–water partition coefficient (Wildman–Crippen LogP) is 3.80. The van der Waals surface area contributed by atoms with Gasteiger partial charge in [-0.15, -0.1) is 0 Å². The fourth-order valence-corrected chi connectivity index (χ4v) is 3.13. The average Bonchev–Trinajstić information content (AvgIpc) is 3.16. The van der Waals surface area contributed by atoms with E-state index in [1.54, 1.807) is 12.4 Å². The van der Waals surface area contributed by atoms with Crippen LogP contribution in [0.5, 0.6) is 5.75 Å². The summed E-state index contributed by atoms with van der Waals surface area (Å²) >= 11 is 0. The number of nitrogens with one attached hydrogen (secondary N) is 1. The number of fused-ring (bicyclic) bond motifs is 1. The van der Waals surface area contributed by atoms with Crippen molar-refractivity contribution in [2.24, 2.45) is 0 Å². The maximum Gasteiger partial charge on any atom is 0.167 e. The molecule has 7 heteroatoms. The van der Waals surface area contributed by atoms with E-state index in [-0.39, 0.29) is 12.4 Å². The second-order valence-corrected chi connectivity index (χ2v) is 6.26. The molecule has 0 atom stereocenters. The quantitative estimate of drug-likeness (QED) is 0.671. The number of nitrogens with zero attached hydrogens (tertiary/aromatic N) is 3. The molecule has 0 spiro atoms. The summed E-state index contributed by atoms with van der Waals surface area (Å²) in [5.41, 5.74) is 3.10. The fourth-order valence-electron chi connectivity index (χ4n) is 3.13. The molecule has 0 fully saturated rings. The third kappa shape index (κ3) is 3.86. The van der Waals surface area contributed by atoms with Crippen molar-refractivity contribution in [2.45, 2.75) is 19.3 Å². The summed E-state index contributed by atoms with van der Waals surface area (Å²) in [7, 11) is 0. The smallest absolute Gasteiger partial charge is 0.167 e. The Hall–Kier alpha value is -3.09. The fraction of sp³-hybridized carbons (Fsp3) is 0.250. The van der Waals surface area contributed by atoms with Crippen molar-refractivity contribution in [1.82, 2.24) is 15.0 Å². The summed E-state index contributed by atoms with van der Waals surface area (Å²) in [4.78, 5) is 13.4. The van der Waals surface area contributed by atoms with Crippen molar-refractivity contribution in [3.8, 4) is 17.1 Å². The van der Waals surface area contributed by atoms with Gasteiger partial charge in [0, 0.05) is 35.3 Å². The van der Waals surface area contributed by atoms with Gasteiger partial charge in [0.15, 0.2) is 17.4 Å². The Balaban J connectivity index is 1.46. The first-order valence-electron chi connectivity index (χ1n) is 8.82. The lowest BCUT2D eigenvalue weighted by Gasteiger charge is -2.13. The number of rotatable bonds is 6. The first-order chi connectivity index (χ1) is 13.2. The summed E-state index contributed by atoms with van der Waals surface area (Å²) in [6.07, 6.45) is 6.34. The lowest BCUT2D eigenvalue weighted by atomic mass is 10.2. The van der Waals surface area contributed by atoms with E-state index in [1.165, 1.54) is 12.1 Å². The van der Waals surface area contributed by atoms with Gasteiger partial charge in [-0.1, -0.05) is 0 Å². The zero-order valence-corrected chi connectivity index (χ0v) is 14.6. The molecule has 1 aliphatic rings. The maximum atomic E-state index is 13.6. The van der Waals surface area contributed by atoms with Gasteiger partial charge in [-0.3, -0.25) is 4.98 Å². The third-order valence-electron chi connectivity index (χ3n) is 4.42. The van der Waals surface area contributed by atoms with Crippen LogP contribution in [0.4, 0.5) is 14.6 Å². The number of hydrogen-bond acceptors (Lipinski definition) is 5. The molecule has 0 saturated carbocycles. The summed E-state index contributed by atoms with van der Waals surface area (Å²) < 4.78 is 31.9. The van der Waals surface area contributed by atoms with Crippen LogP contribution in [0.1, 0.15) is 17.7 Å². The summed E-state index contributed by atoms with van der Waals surface area (Å²) in [6, 6.07) is 7.02. The van der Waals surface area contributed by atoms with Gasteiger partial charge < -0.3 is 10.1 Å². The van der Waals surface area contributed by atoms with E-state index in [2.05, 4.69) is 20.3 Å². The van der Waals surface area contributed by atoms with Gasteiger partial charge in [-0.25, -0.2) is 18.7 Å². The number of anilines is 1. The van der Waals surface area contributed by atoms with Crippen LogP contribution in [0, 0.1) is 11.6 Å². The highest BCUT2D eigenvalue weighted by Gasteiger charge is 2.19. The van der Waals surface area contributed by atoms with E-state index in [1.807, 2.05) is 12.1 Å². The molecule has 0 bridgehead atoms. The van der Waals surface area contributed by atoms with Crippen molar-refractivity contribution in [3.63, 3.8) is 0 Å². The molecule has 2 aromatic heterocycles. The van der Waals surface area contributed by atoms with Gasteiger partial charge in [0.2, 0.25) is 0 Å². The average molecular weight is 368 g/mol. The van der Waals surface area contributed by atoms with Gasteiger partial charge in [0.05, 0.1) is 6.54 Å². The van der Waals surface area contributed by atoms with Crippen LogP contribution in [0.25, 0.3) is 11.4 Å². The normalized spacial score (nSPS) is 12.7. The lowest BCUT2D eigenvalue weighted by Crippen LogP contribution is -2.15. The molecule has 2 heterocycles. The molecule has 0 aliphatic heterocycles. The van der Waals surface area contributed by atoms with Crippen molar-refractivity contribution < 1.29 is 13.5 Å². The van der Waals surface area contributed by atoms with Gasteiger partial charge in [-0.2, -0.15) is 0 Å². The van der Waals surface area contributed by atoms with Crippen LogP contribution in [0.3, 0.4) is 0 Å². The molecular weight excluding hydrogens is 350 g/mol. The molecule has 3 aromatic rings. The van der Waals surface area contributed by atoms with E-state index in [0.717, 1.165) is 48.0 Å². The largest absolute Gasteiger partial charge is 0.489 e. The molecule has 0 radical (unpaired) electrons. The Labute approximate surface area is 155 Å². The minimum atomic E-state index is -0.710. The molecule has 1 N–H and O–H groups in total. The molecule has 1 aliphatic carbocycles. The highest BCUT2D eigenvalue weighted by Crippen LogP contribution is 2.29. The second kappa shape index (κ2) is 7.65. The highest BCUT2D eigenvalue weighted by molar-refractivity contribution is 5.60. The highest BCUT2D eigenvalue weighted by atomic mass is 19.1. The zero-order valence-electron chi connectivity index (χ0n) is 14.6. The van der Waals surface area contributed by atoms with E-state index < -0.39 is 11.6 Å². The van der Waals surface area contributed by atoms with Gasteiger partial charge in [-0.05, 0) is 43.5 Å². The van der Waals surface area contributed by atoms with E-state index >= 15 is 0 Å². The number of halogens is 2. The van der Waals surface area contributed by atoms with E-state index in [0.29, 0.717) is 12.4 Å². The van der Waals surface area contributed by atoms with Crippen molar-refractivity contribution in [3.05, 3.63) is 65.6 Å². The van der Waals surface area contributed by atoms with Crippen LogP contribution in [-0.4, -0.2) is 28.1 Å². The van der Waals surface area contributed by atoms with Crippen LogP contribution >= 0.6 is 0 Å². The molecule has 1 aromatic carbocycles. The lowest BCUT2D eigenvalue weighted by molar-refractivity contribution is 0.314. The van der Waals surface area contributed by atoms with Crippen LogP contribution in [0.2, 0.25) is 0 Å². The molecule has 0 unspecified atom stereocenters. The minimum absolute atomic E-state index is 0.0311. The van der Waals surface area contributed by atoms with E-state index in [9.17, 15) is 8.78 Å². The van der Waals surface area contributed by atoms with Crippen LogP contribution < -0.4 is 10.1 Å². The number of aromatic nitrogens is 3.